The second kappa shape index (κ2) is 7.38. The number of nitrogens with zero attached hydrogens (tertiary/aromatic N) is 2. The molecule has 0 aliphatic rings. The smallest absolute Gasteiger partial charge is 0.255 e. The number of amides is 2. The first-order valence-corrected chi connectivity index (χ1v) is 7.11. The summed E-state index contributed by atoms with van der Waals surface area (Å²) < 4.78 is 13.6. The van der Waals surface area contributed by atoms with Gasteiger partial charge in [0.25, 0.3) is 5.91 Å². The van der Waals surface area contributed by atoms with Gasteiger partial charge < -0.3 is 9.80 Å². The van der Waals surface area contributed by atoms with E-state index in [1.165, 1.54) is 28.0 Å². The summed E-state index contributed by atoms with van der Waals surface area (Å²) in [6, 6.07) is 4.29. The highest BCUT2D eigenvalue weighted by Crippen LogP contribution is 2.22. The molecule has 0 radical (unpaired) electrons. The third-order valence-corrected chi connectivity index (χ3v) is 3.59. The van der Waals surface area contributed by atoms with E-state index in [0.29, 0.717) is 6.54 Å². The molecule has 1 aromatic carbocycles. The van der Waals surface area contributed by atoms with Crippen LogP contribution in [0.25, 0.3) is 0 Å². The number of carbonyl (C=O) groups is 2. The molecule has 0 aromatic heterocycles. The summed E-state index contributed by atoms with van der Waals surface area (Å²) in [6.07, 6.45) is 0.722. The zero-order chi connectivity index (χ0) is 15.3. The molecular weight excluding hydrogens is 327 g/mol. The summed E-state index contributed by atoms with van der Waals surface area (Å²) in [4.78, 5) is 27.0. The summed E-state index contributed by atoms with van der Waals surface area (Å²) in [7, 11) is 3.27. The molecule has 0 fully saturated rings. The lowest BCUT2D eigenvalue weighted by Crippen LogP contribution is -2.40. The van der Waals surface area contributed by atoms with Gasteiger partial charge >= 0.3 is 0 Å². The van der Waals surface area contributed by atoms with E-state index in [4.69, 9.17) is 0 Å². The molecule has 2 amide bonds. The molecule has 1 rings (SSSR count). The first-order chi connectivity index (χ1) is 9.38. The molecule has 1 aromatic rings. The van der Waals surface area contributed by atoms with Crippen molar-refractivity contribution in [3.05, 3.63) is 34.1 Å². The summed E-state index contributed by atoms with van der Waals surface area (Å²) in [6.45, 7) is 2.35. The molecule has 0 N–H and O–H groups in total. The first kappa shape index (κ1) is 16.6. The summed E-state index contributed by atoms with van der Waals surface area (Å²) in [5.41, 5.74) is 0.227. The van der Waals surface area contributed by atoms with Crippen LogP contribution in [0.15, 0.2) is 22.7 Å². The number of carbonyl (C=O) groups excluding carboxylic acids is 2. The van der Waals surface area contributed by atoms with Gasteiger partial charge in [-0.15, -0.1) is 0 Å². The van der Waals surface area contributed by atoms with E-state index in [9.17, 15) is 14.0 Å². The number of hydrogen-bond acceptors (Lipinski definition) is 2. The van der Waals surface area contributed by atoms with Crippen LogP contribution in [0.1, 0.15) is 23.7 Å². The van der Waals surface area contributed by atoms with Crippen molar-refractivity contribution in [3.63, 3.8) is 0 Å². The SMILES string of the molecule is CCCN(CC(=O)N(C)C)C(=O)c1cccc(F)c1Br. The van der Waals surface area contributed by atoms with Crippen LogP contribution in [-0.4, -0.2) is 48.8 Å². The normalized spacial score (nSPS) is 10.2. The highest BCUT2D eigenvalue weighted by molar-refractivity contribution is 9.10. The van der Waals surface area contributed by atoms with Crippen LogP contribution in [-0.2, 0) is 4.79 Å². The standard InChI is InChI=1S/C14H18BrFN2O2/c1-4-8-18(9-12(19)17(2)3)14(20)10-6-5-7-11(16)13(10)15/h5-7H,4,8-9H2,1-3H3. The number of benzene rings is 1. The van der Waals surface area contributed by atoms with Gasteiger partial charge in [-0.1, -0.05) is 13.0 Å². The Morgan fingerprint density at radius 2 is 1.95 bits per heavy atom. The van der Waals surface area contributed by atoms with Crippen molar-refractivity contribution >= 4 is 27.7 Å². The third kappa shape index (κ3) is 4.03. The number of hydrogen-bond donors (Lipinski definition) is 0. The molecule has 0 spiro atoms. The van der Waals surface area contributed by atoms with Gasteiger partial charge in [0, 0.05) is 20.6 Å². The minimum Gasteiger partial charge on any atom is -0.347 e. The Morgan fingerprint density at radius 3 is 2.50 bits per heavy atom. The fraction of sp³-hybridized carbons (Fsp3) is 0.429. The van der Waals surface area contributed by atoms with E-state index >= 15 is 0 Å². The maximum atomic E-state index is 13.5. The van der Waals surface area contributed by atoms with Gasteiger partial charge in [-0.05, 0) is 34.5 Å². The summed E-state index contributed by atoms with van der Waals surface area (Å²) in [5, 5.41) is 0. The molecule has 0 unspecified atom stereocenters. The summed E-state index contributed by atoms with van der Waals surface area (Å²) in [5.74, 6) is -1.01. The van der Waals surface area contributed by atoms with Crippen LogP contribution in [0.2, 0.25) is 0 Å². The van der Waals surface area contributed by atoms with Crippen LogP contribution in [0, 0.1) is 5.82 Å². The molecule has 110 valence electrons. The topological polar surface area (TPSA) is 40.6 Å². The van der Waals surface area contributed by atoms with E-state index in [2.05, 4.69) is 15.9 Å². The molecule has 0 aliphatic carbocycles. The van der Waals surface area contributed by atoms with Crippen molar-refractivity contribution in [1.82, 2.24) is 9.80 Å². The Morgan fingerprint density at radius 1 is 1.30 bits per heavy atom. The number of likely N-dealkylation sites (N-methyl/N-ethyl adjacent to an activating group) is 1. The van der Waals surface area contributed by atoms with Gasteiger partial charge in [-0.25, -0.2) is 4.39 Å². The number of halogens is 2. The van der Waals surface area contributed by atoms with E-state index in [1.807, 2.05) is 6.92 Å². The van der Waals surface area contributed by atoms with E-state index in [1.54, 1.807) is 14.1 Å². The molecule has 0 heterocycles. The Bertz CT molecular complexity index is 506. The van der Waals surface area contributed by atoms with Gasteiger partial charge in [0.15, 0.2) is 0 Å². The monoisotopic (exact) mass is 344 g/mol. The van der Waals surface area contributed by atoms with Gasteiger partial charge in [0.2, 0.25) is 5.91 Å². The maximum absolute atomic E-state index is 13.5. The minimum atomic E-state index is -0.494. The van der Waals surface area contributed by atoms with Gasteiger partial charge in [0.05, 0.1) is 10.0 Å². The second-order valence-electron chi connectivity index (χ2n) is 4.62. The van der Waals surface area contributed by atoms with E-state index < -0.39 is 5.82 Å². The molecule has 0 atom stereocenters. The fourth-order valence-corrected chi connectivity index (χ4v) is 2.10. The van der Waals surface area contributed by atoms with Crippen molar-refractivity contribution in [2.24, 2.45) is 0 Å². The van der Waals surface area contributed by atoms with Crippen molar-refractivity contribution in [2.75, 3.05) is 27.2 Å². The lowest BCUT2D eigenvalue weighted by molar-refractivity contribution is -0.129. The molecule has 20 heavy (non-hydrogen) atoms. The largest absolute Gasteiger partial charge is 0.347 e. The lowest BCUT2D eigenvalue weighted by Gasteiger charge is -2.23. The zero-order valence-electron chi connectivity index (χ0n) is 11.8. The van der Waals surface area contributed by atoms with Crippen molar-refractivity contribution < 1.29 is 14.0 Å². The third-order valence-electron chi connectivity index (χ3n) is 2.79. The average Bonchev–Trinajstić information content (AvgIpc) is 2.40. The minimum absolute atomic E-state index is 0.0113. The Hall–Kier alpha value is -1.43. The van der Waals surface area contributed by atoms with Gasteiger partial charge in [0.1, 0.15) is 12.4 Å². The quantitative estimate of drug-likeness (QED) is 0.823. The van der Waals surface area contributed by atoms with Crippen molar-refractivity contribution in [1.29, 1.82) is 0 Å². The van der Waals surface area contributed by atoms with Gasteiger partial charge in [-0.2, -0.15) is 0 Å². The van der Waals surface area contributed by atoms with Crippen LogP contribution in [0.3, 0.4) is 0 Å². The Balaban J connectivity index is 2.99. The molecule has 0 bridgehead atoms. The summed E-state index contributed by atoms with van der Waals surface area (Å²) >= 11 is 3.08. The van der Waals surface area contributed by atoms with Gasteiger partial charge in [-0.3, -0.25) is 9.59 Å². The first-order valence-electron chi connectivity index (χ1n) is 6.31. The van der Waals surface area contributed by atoms with Crippen molar-refractivity contribution in [3.8, 4) is 0 Å². The molecular formula is C14H18BrFN2O2. The zero-order valence-corrected chi connectivity index (χ0v) is 13.4. The predicted molar refractivity (Wildman–Crippen MR) is 79.0 cm³/mol. The Labute approximate surface area is 126 Å². The predicted octanol–water partition coefficient (Wildman–Crippen LogP) is 2.53. The lowest BCUT2D eigenvalue weighted by atomic mass is 10.2. The van der Waals surface area contributed by atoms with Crippen LogP contribution in [0.4, 0.5) is 4.39 Å². The Kier molecular flexibility index (Phi) is 6.13. The maximum Gasteiger partial charge on any atom is 0.255 e. The molecule has 0 aliphatic heterocycles. The molecule has 0 saturated carbocycles. The number of rotatable bonds is 5. The van der Waals surface area contributed by atoms with Crippen LogP contribution >= 0.6 is 15.9 Å². The second-order valence-corrected chi connectivity index (χ2v) is 5.41. The fourth-order valence-electron chi connectivity index (χ4n) is 1.67. The molecule has 4 nitrogen and oxygen atoms in total. The van der Waals surface area contributed by atoms with Crippen LogP contribution in [0.5, 0.6) is 0 Å². The highest BCUT2D eigenvalue weighted by Gasteiger charge is 2.22. The van der Waals surface area contributed by atoms with Crippen LogP contribution < -0.4 is 0 Å². The molecule has 0 saturated heterocycles. The van der Waals surface area contributed by atoms with Crippen molar-refractivity contribution in [2.45, 2.75) is 13.3 Å². The highest BCUT2D eigenvalue weighted by atomic mass is 79.9. The van der Waals surface area contributed by atoms with E-state index in [-0.39, 0.29) is 28.4 Å². The average molecular weight is 345 g/mol. The van der Waals surface area contributed by atoms with E-state index in [0.717, 1.165) is 6.42 Å². The molecule has 6 heteroatoms.